The van der Waals surface area contributed by atoms with Gasteiger partial charge in [0.15, 0.2) is 0 Å². The summed E-state index contributed by atoms with van der Waals surface area (Å²) in [6.45, 7) is -0.687. The van der Waals surface area contributed by atoms with Crippen LogP contribution in [0.1, 0.15) is 5.56 Å². The van der Waals surface area contributed by atoms with Crippen LogP contribution in [0.2, 0.25) is 0 Å². The van der Waals surface area contributed by atoms with Crippen LogP contribution in [0.15, 0.2) is 12.1 Å². The zero-order chi connectivity index (χ0) is 13.3. The highest BCUT2D eigenvalue weighted by atomic mass is 19.3. The Morgan fingerprint density at radius 1 is 1.50 bits per heavy atom. The fraction of sp³-hybridized carbons (Fsp3) is 0.300. The first-order chi connectivity index (χ1) is 8.47. The molecule has 1 heterocycles. The van der Waals surface area contributed by atoms with Crippen LogP contribution in [0.5, 0.6) is 0 Å². The van der Waals surface area contributed by atoms with Crippen molar-refractivity contribution < 1.29 is 18.5 Å². The third kappa shape index (κ3) is 2.36. The van der Waals surface area contributed by atoms with Gasteiger partial charge in [-0.2, -0.15) is 0 Å². The molecule has 1 aliphatic heterocycles. The first-order valence-electron chi connectivity index (χ1n) is 5.10. The van der Waals surface area contributed by atoms with Crippen LogP contribution in [0.25, 0.3) is 0 Å². The molecule has 18 heavy (non-hydrogen) atoms. The van der Waals surface area contributed by atoms with E-state index in [0.29, 0.717) is 11.3 Å². The van der Waals surface area contributed by atoms with Crippen LogP contribution in [0.3, 0.4) is 0 Å². The summed E-state index contributed by atoms with van der Waals surface area (Å²) in [5.74, 6) is -0.273. The normalized spacial score (nSPS) is 13.4. The number of hydrogen-bond donors (Lipinski definition) is 2. The van der Waals surface area contributed by atoms with Crippen LogP contribution >= 0.6 is 0 Å². The lowest BCUT2D eigenvalue weighted by atomic mass is 10.1. The van der Waals surface area contributed by atoms with Crippen LogP contribution in [-0.4, -0.2) is 23.8 Å². The van der Waals surface area contributed by atoms with E-state index in [0.717, 1.165) is 0 Å². The number of hydrogen-bond acceptors (Lipinski definition) is 4. The van der Waals surface area contributed by atoms with Gasteiger partial charge in [-0.3, -0.25) is 14.9 Å². The minimum Gasteiger partial charge on any atom is -0.374 e. The smallest absolute Gasteiger partial charge is 0.292 e. The lowest BCUT2D eigenvalue weighted by Gasteiger charge is -2.08. The second-order valence-electron chi connectivity index (χ2n) is 3.78. The molecule has 1 aromatic carbocycles. The van der Waals surface area contributed by atoms with E-state index in [9.17, 15) is 23.7 Å². The van der Waals surface area contributed by atoms with Gasteiger partial charge in [-0.05, 0) is 11.6 Å². The number of anilines is 2. The van der Waals surface area contributed by atoms with E-state index in [2.05, 4.69) is 10.6 Å². The maximum atomic E-state index is 12.1. The molecule has 96 valence electrons. The molecule has 0 radical (unpaired) electrons. The summed E-state index contributed by atoms with van der Waals surface area (Å²) < 4.78 is 24.2. The van der Waals surface area contributed by atoms with Crippen LogP contribution in [-0.2, 0) is 11.2 Å². The van der Waals surface area contributed by atoms with Crippen LogP contribution in [0.4, 0.5) is 25.8 Å². The topological polar surface area (TPSA) is 84.3 Å². The maximum absolute atomic E-state index is 12.1. The van der Waals surface area contributed by atoms with Gasteiger partial charge in [-0.15, -0.1) is 0 Å². The molecule has 0 fully saturated rings. The quantitative estimate of drug-likeness (QED) is 0.636. The van der Waals surface area contributed by atoms with Crippen molar-refractivity contribution in [3.8, 4) is 0 Å². The first-order valence-corrected chi connectivity index (χ1v) is 5.10. The number of benzene rings is 1. The lowest BCUT2D eigenvalue weighted by molar-refractivity contribution is -0.384. The van der Waals surface area contributed by atoms with E-state index in [4.69, 9.17) is 0 Å². The van der Waals surface area contributed by atoms with Gasteiger partial charge >= 0.3 is 0 Å². The number of nitrogens with zero attached hydrogens (tertiary/aromatic N) is 1. The van der Waals surface area contributed by atoms with E-state index >= 15 is 0 Å². The standard InChI is InChI=1S/C10H9F2N3O3/c11-9(12)4-13-7-3-6-5(2-10(16)14-6)1-8(7)15(17)18/h1,3,9,13H,2,4H2,(H,14,16). The van der Waals surface area contributed by atoms with Gasteiger partial charge in [0, 0.05) is 11.8 Å². The fourth-order valence-electron chi connectivity index (χ4n) is 1.74. The van der Waals surface area contributed by atoms with E-state index in [1.54, 1.807) is 0 Å². The summed E-state index contributed by atoms with van der Waals surface area (Å²) in [4.78, 5) is 21.3. The van der Waals surface area contributed by atoms with Gasteiger partial charge in [0.05, 0.1) is 17.9 Å². The molecule has 2 N–H and O–H groups in total. The number of nitrogens with one attached hydrogen (secondary N) is 2. The molecule has 0 unspecified atom stereocenters. The minimum absolute atomic E-state index is 0.0266. The Morgan fingerprint density at radius 2 is 2.22 bits per heavy atom. The number of nitro benzene ring substituents is 1. The van der Waals surface area contributed by atoms with Crippen molar-refractivity contribution in [1.29, 1.82) is 0 Å². The molecule has 8 heteroatoms. The summed E-state index contributed by atoms with van der Waals surface area (Å²) >= 11 is 0. The molecule has 1 amide bonds. The molecule has 0 atom stereocenters. The highest BCUT2D eigenvalue weighted by molar-refractivity contribution is 6.00. The van der Waals surface area contributed by atoms with Crippen molar-refractivity contribution in [1.82, 2.24) is 0 Å². The molecule has 0 bridgehead atoms. The molecule has 6 nitrogen and oxygen atoms in total. The molecule has 0 spiro atoms. The highest BCUT2D eigenvalue weighted by Crippen LogP contribution is 2.34. The Hall–Kier alpha value is -2.25. The number of nitro groups is 1. The number of carbonyl (C=O) groups is 1. The monoisotopic (exact) mass is 257 g/mol. The zero-order valence-electron chi connectivity index (χ0n) is 9.07. The molecule has 0 aliphatic carbocycles. The number of amides is 1. The van der Waals surface area contributed by atoms with Crippen LogP contribution < -0.4 is 10.6 Å². The number of fused-ring (bicyclic) bond motifs is 1. The second kappa shape index (κ2) is 4.55. The predicted molar refractivity (Wildman–Crippen MR) is 59.9 cm³/mol. The summed E-state index contributed by atoms with van der Waals surface area (Å²) in [5, 5.41) is 15.6. The molecule has 1 aromatic rings. The first kappa shape index (κ1) is 12.2. The van der Waals surface area contributed by atoms with Gasteiger partial charge in [0.25, 0.3) is 12.1 Å². The number of halogens is 2. The van der Waals surface area contributed by atoms with Crippen molar-refractivity contribution in [3.05, 3.63) is 27.8 Å². The molecule has 2 rings (SSSR count). The fourth-order valence-corrected chi connectivity index (χ4v) is 1.74. The number of rotatable bonds is 4. The summed E-state index contributed by atoms with van der Waals surface area (Å²) in [6, 6.07) is 2.53. The highest BCUT2D eigenvalue weighted by Gasteiger charge is 2.24. The Labute approximate surface area is 100 Å². The SMILES string of the molecule is O=C1Cc2cc([N+](=O)[O-])c(NCC(F)F)cc2N1. The minimum atomic E-state index is -2.62. The van der Waals surface area contributed by atoms with Gasteiger partial charge in [-0.1, -0.05) is 0 Å². The molecule has 0 aromatic heterocycles. The Balaban J connectivity index is 2.35. The van der Waals surface area contributed by atoms with E-state index in [1.807, 2.05) is 0 Å². The van der Waals surface area contributed by atoms with Crippen molar-refractivity contribution in [2.24, 2.45) is 0 Å². The molecule has 0 saturated carbocycles. The summed E-state index contributed by atoms with van der Waals surface area (Å²) in [6.07, 6.45) is -2.56. The zero-order valence-corrected chi connectivity index (χ0v) is 9.07. The Bertz CT molecular complexity index is 519. The second-order valence-corrected chi connectivity index (χ2v) is 3.78. The maximum Gasteiger partial charge on any atom is 0.292 e. The Kier molecular flexibility index (Phi) is 3.09. The van der Waals surface area contributed by atoms with Crippen molar-refractivity contribution >= 4 is 23.0 Å². The van der Waals surface area contributed by atoms with Gasteiger partial charge < -0.3 is 10.6 Å². The van der Waals surface area contributed by atoms with Gasteiger partial charge in [0.1, 0.15) is 5.69 Å². The van der Waals surface area contributed by atoms with Crippen LogP contribution in [0, 0.1) is 10.1 Å². The molecule has 0 saturated heterocycles. The Morgan fingerprint density at radius 3 is 2.83 bits per heavy atom. The molecule has 1 aliphatic rings. The molecular formula is C10H9F2N3O3. The number of alkyl halides is 2. The largest absolute Gasteiger partial charge is 0.374 e. The summed E-state index contributed by atoms with van der Waals surface area (Å²) in [5.41, 5.74) is 0.573. The van der Waals surface area contributed by atoms with Crippen molar-refractivity contribution in [2.75, 3.05) is 17.2 Å². The average molecular weight is 257 g/mol. The van der Waals surface area contributed by atoms with E-state index < -0.39 is 17.9 Å². The lowest BCUT2D eigenvalue weighted by Crippen LogP contribution is -2.11. The average Bonchev–Trinajstić information content (AvgIpc) is 2.63. The summed E-state index contributed by atoms with van der Waals surface area (Å²) in [7, 11) is 0. The van der Waals surface area contributed by atoms with Gasteiger partial charge in [-0.25, -0.2) is 8.78 Å². The van der Waals surface area contributed by atoms with Crippen molar-refractivity contribution in [2.45, 2.75) is 12.8 Å². The predicted octanol–water partition coefficient (Wildman–Crippen LogP) is 1.77. The third-order valence-electron chi connectivity index (χ3n) is 2.49. The van der Waals surface area contributed by atoms with E-state index in [1.165, 1.54) is 12.1 Å². The molecular weight excluding hydrogens is 248 g/mol. The van der Waals surface area contributed by atoms with Gasteiger partial charge in [0.2, 0.25) is 5.91 Å². The van der Waals surface area contributed by atoms with E-state index in [-0.39, 0.29) is 23.7 Å². The third-order valence-corrected chi connectivity index (χ3v) is 2.49. The number of carbonyl (C=O) groups excluding carboxylic acids is 1. The van der Waals surface area contributed by atoms with Crippen molar-refractivity contribution in [3.63, 3.8) is 0 Å².